The number of nitrogens with zero attached hydrogens (tertiary/aromatic N) is 2. The number of rotatable bonds is 3. The van der Waals surface area contributed by atoms with Gasteiger partial charge in [0.15, 0.2) is 0 Å². The fourth-order valence-electron chi connectivity index (χ4n) is 3.77. The fourth-order valence-corrected chi connectivity index (χ4v) is 3.77. The van der Waals surface area contributed by atoms with Gasteiger partial charge in [-0.3, -0.25) is 9.48 Å². The van der Waals surface area contributed by atoms with Crippen LogP contribution in [0.5, 0.6) is 0 Å². The van der Waals surface area contributed by atoms with Crippen LogP contribution < -0.4 is 5.73 Å². The predicted molar refractivity (Wildman–Crippen MR) is 75.6 cm³/mol. The average molecular weight is 277 g/mol. The summed E-state index contributed by atoms with van der Waals surface area (Å²) in [6.45, 7) is -0.0399. The van der Waals surface area contributed by atoms with Crippen LogP contribution in [0, 0.1) is 0 Å². The Labute approximate surface area is 119 Å². The molecule has 2 aliphatic carbocycles. The first kappa shape index (κ1) is 13.6. The molecule has 2 aliphatic rings. The van der Waals surface area contributed by atoms with Gasteiger partial charge in [-0.1, -0.05) is 19.3 Å². The van der Waals surface area contributed by atoms with Crippen LogP contribution in [0.15, 0.2) is 0 Å². The molecule has 0 amide bonds. The second kappa shape index (κ2) is 5.56. The number of aromatic nitrogens is 2. The lowest BCUT2D eigenvalue weighted by Crippen LogP contribution is -2.21. The van der Waals surface area contributed by atoms with E-state index >= 15 is 0 Å². The van der Waals surface area contributed by atoms with Crippen LogP contribution in [-0.2, 0) is 17.8 Å². The number of carboxylic acid groups (broad SMARTS) is 1. The van der Waals surface area contributed by atoms with Gasteiger partial charge in [-0.05, 0) is 32.1 Å². The van der Waals surface area contributed by atoms with E-state index in [4.69, 9.17) is 10.8 Å². The fraction of sp³-hybridized carbons (Fsp3) is 0.733. The van der Waals surface area contributed by atoms with Crippen LogP contribution in [0.25, 0.3) is 0 Å². The highest BCUT2D eigenvalue weighted by molar-refractivity contribution is 5.66. The first-order valence-corrected chi connectivity index (χ1v) is 7.73. The first-order chi connectivity index (χ1) is 9.66. The molecule has 5 heteroatoms. The third kappa shape index (κ3) is 2.46. The smallest absolute Gasteiger partial charge is 0.325 e. The predicted octanol–water partition coefficient (Wildman–Crippen LogP) is 2.35. The van der Waals surface area contributed by atoms with Crippen molar-refractivity contribution >= 4 is 5.97 Å². The van der Waals surface area contributed by atoms with Gasteiger partial charge in [-0.2, -0.15) is 5.10 Å². The van der Waals surface area contributed by atoms with E-state index in [-0.39, 0.29) is 12.6 Å². The van der Waals surface area contributed by atoms with E-state index in [1.807, 2.05) is 0 Å². The van der Waals surface area contributed by atoms with E-state index in [0.29, 0.717) is 5.92 Å². The number of hydrogen-bond acceptors (Lipinski definition) is 3. The topological polar surface area (TPSA) is 81.1 Å². The highest BCUT2D eigenvalue weighted by Crippen LogP contribution is 2.39. The highest BCUT2D eigenvalue weighted by Gasteiger charge is 2.31. The summed E-state index contributed by atoms with van der Waals surface area (Å²) in [6, 6.07) is 0.0400. The zero-order valence-corrected chi connectivity index (χ0v) is 11.8. The van der Waals surface area contributed by atoms with Gasteiger partial charge < -0.3 is 10.8 Å². The molecule has 0 aliphatic heterocycles. The number of fused-ring (bicyclic) bond motifs is 1. The van der Waals surface area contributed by atoms with Crippen molar-refractivity contribution in [3.05, 3.63) is 17.0 Å². The second-order valence-electron chi connectivity index (χ2n) is 6.13. The minimum Gasteiger partial charge on any atom is -0.480 e. The highest BCUT2D eigenvalue weighted by atomic mass is 16.4. The molecule has 5 nitrogen and oxygen atoms in total. The maximum absolute atomic E-state index is 11.0. The molecule has 3 N–H and O–H groups in total. The summed E-state index contributed by atoms with van der Waals surface area (Å²) in [5.41, 5.74) is 9.65. The average Bonchev–Trinajstić information content (AvgIpc) is 2.79. The molecule has 1 fully saturated rings. The van der Waals surface area contributed by atoms with Crippen LogP contribution >= 0.6 is 0 Å². The molecule has 0 radical (unpaired) electrons. The lowest BCUT2D eigenvalue weighted by Gasteiger charge is -2.25. The molecule has 1 saturated carbocycles. The normalized spacial score (nSPS) is 23.6. The number of carboxylic acids is 1. The molecule has 1 heterocycles. The molecule has 1 atom stereocenters. The minimum absolute atomic E-state index is 0.0399. The van der Waals surface area contributed by atoms with E-state index in [1.54, 1.807) is 4.68 Å². The lowest BCUT2D eigenvalue weighted by molar-refractivity contribution is -0.137. The van der Waals surface area contributed by atoms with Crippen molar-refractivity contribution in [1.82, 2.24) is 9.78 Å². The molecule has 1 aromatic heterocycles. The van der Waals surface area contributed by atoms with Crippen LogP contribution in [0.3, 0.4) is 0 Å². The van der Waals surface area contributed by atoms with Gasteiger partial charge in [0.05, 0.1) is 5.69 Å². The molecular formula is C15H23N3O2. The van der Waals surface area contributed by atoms with Crippen molar-refractivity contribution in [3.8, 4) is 0 Å². The SMILES string of the molecule is NC1CCCc2c1c(C1CCCCC1)nn2CC(=O)O. The maximum Gasteiger partial charge on any atom is 0.325 e. The van der Waals surface area contributed by atoms with E-state index in [0.717, 1.165) is 30.7 Å². The van der Waals surface area contributed by atoms with Gasteiger partial charge in [-0.15, -0.1) is 0 Å². The Balaban J connectivity index is 1.99. The minimum atomic E-state index is -0.829. The summed E-state index contributed by atoms with van der Waals surface area (Å²) >= 11 is 0. The number of hydrogen-bond donors (Lipinski definition) is 2. The monoisotopic (exact) mass is 277 g/mol. The van der Waals surface area contributed by atoms with Crippen molar-refractivity contribution in [1.29, 1.82) is 0 Å². The standard InChI is InChI=1S/C15H23N3O2/c16-11-7-4-8-12-14(11)15(10-5-2-1-3-6-10)17-18(12)9-13(19)20/h10-11H,1-9,16H2,(H,19,20). The largest absolute Gasteiger partial charge is 0.480 e. The van der Waals surface area contributed by atoms with Gasteiger partial charge in [-0.25, -0.2) is 0 Å². The Kier molecular flexibility index (Phi) is 3.78. The Morgan fingerprint density at radius 1 is 1.25 bits per heavy atom. The summed E-state index contributed by atoms with van der Waals surface area (Å²) < 4.78 is 1.70. The van der Waals surface area contributed by atoms with Crippen molar-refractivity contribution in [2.75, 3.05) is 0 Å². The molecule has 1 unspecified atom stereocenters. The Morgan fingerprint density at radius 2 is 2.00 bits per heavy atom. The maximum atomic E-state index is 11.0. The molecule has 110 valence electrons. The van der Waals surface area contributed by atoms with Gasteiger partial charge in [0, 0.05) is 23.2 Å². The van der Waals surface area contributed by atoms with Gasteiger partial charge >= 0.3 is 5.97 Å². The summed E-state index contributed by atoms with van der Waals surface area (Å²) in [4.78, 5) is 11.0. The lowest BCUT2D eigenvalue weighted by atomic mass is 9.81. The first-order valence-electron chi connectivity index (χ1n) is 7.73. The molecule has 3 rings (SSSR count). The van der Waals surface area contributed by atoms with E-state index in [9.17, 15) is 4.79 Å². The molecule has 1 aromatic rings. The molecule has 0 bridgehead atoms. The Bertz CT molecular complexity index is 503. The Hall–Kier alpha value is -1.36. The van der Waals surface area contributed by atoms with Crippen molar-refractivity contribution < 1.29 is 9.90 Å². The van der Waals surface area contributed by atoms with Crippen molar-refractivity contribution in [3.63, 3.8) is 0 Å². The summed E-state index contributed by atoms with van der Waals surface area (Å²) in [5, 5.41) is 13.7. The molecule has 20 heavy (non-hydrogen) atoms. The molecule has 0 saturated heterocycles. The second-order valence-corrected chi connectivity index (χ2v) is 6.13. The van der Waals surface area contributed by atoms with E-state index in [2.05, 4.69) is 5.10 Å². The molecule has 0 spiro atoms. The number of aliphatic carboxylic acids is 1. The zero-order valence-electron chi connectivity index (χ0n) is 11.8. The molecular weight excluding hydrogens is 254 g/mol. The van der Waals surface area contributed by atoms with E-state index < -0.39 is 5.97 Å². The van der Waals surface area contributed by atoms with Crippen LogP contribution in [-0.4, -0.2) is 20.9 Å². The van der Waals surface area contributed by atoms with E-state index in [1.165, 1.54) is 37.7 Å². The zero-order chi connectivity index (χ0) is 14.1. The Morgan fingerprint density at radius 3 is 2.70 bits per heavy atom. The van der Waals surface area contributed by atoms with Crippen LogP contribution in [0.4, 0.5) is 0 Å². The quantitative estimate of drug-likeness (QED) is 0.888. The third-order valence-corrected chi connectivity index (χ3v) is 4.70. The summed E-state index contributed by atoms with van der Waals surface area (Å²) in [6.07, 6.45) is 9.08. The number of carbonyl (C=O) groups is 1. The van der Waals surface area contributed by atoms with Crippen molar-refractivity contribution in [2.24, 2.45) is 5.73 Å². The van der Waals surface area contributed by atoms with Gasteiger partial charge in [0.1, 0.15) is 6.54 Å². The summed E-state index contributed by atoms with van der Waals surface area (Å²) in [5.74, 6) is -0.346. The van der Waals surface area contributed by atoms with Crippen LogP contribution in [0.2, 0.25) is 0 Å². The van der Waals surface area contributed by atoms with Gasteiger partial charge in [0.2, 0.25) is 0 Å². The third-order valence-electron chi connectivity index (χ3n) is 4.70. The summed E-state index contributed by atoms with van der Waals surface area (Å²) in [7, 11) is 0. The van der Waals surface area contributed by atoms with Crippen molar-refractivity contribution in [2.45, 2.75) is 69.9 Å². The number of nitrogens with two attached hydrogens (primary N) is 1. The van der Waals surface area contributed by atoms with Gasteiger partial charge in [0.25, 0.3) is 0 Å². The van der Waals surface area contributed by atoms with Crippen LogP contribution in [0.1, 0.15) is 73.9 Å². The molecule has 0 aromatic carbocycles.